The zero-order chi connectivity index (χ0) is 18.1. The first-order chi connectivity index (χ1) is 12.7. The van der Waals surface area contributed by atoms with Crippen LogP contribution >= 0.6 is 22.9 Å². The predicted molar refractivity (Wildman–Crippen MR) is 104 cm³/mol. The Kier molecular flexibility index (Phi) is 4.49. The number of hydrogen-bond acceptors (Lipinski definition) is 5. The van der Waals surface area contributed by atoms with Gasteiger partial charge in [-0.2, -0.15) is 5.26 Å². The molecule has 26 heavy (non-hydrogen) atoms. The highest BCUT2D eigenvalue weighted by Gasteiger charge is 2.24. The van der Waals surface area contributed by atoms with E-state index in [1.54, 1.807) is 35.6 Å². The summed E-state index contributed by atoms with van der Waals surface area (Å²) in [6.45, 7) is 2.75. The van der Waals surface area contributed by atoms with Crippen LogP contribution in [0.15, 0.2) is 42.5 Å². The van der Waals surface area contributed by atoms with Crippen molar-refractivity contribution >= 4 is 44.2 Å². The van der Waals surface area contributed by atoms with Gasteiger partial charge in [0, 0.05) is 31.7 Å². The number of para-hydroxylation sites is 1. The van der Waals surface area contributed by atoms with Gasteiger partial charge in [0.15, 0.2) is 5.13 Å². The van der Waals surface area contributed by atoms with Gasteiger partial charge in [0.25, 0.3) is 5.91 Å². The number of fused-ring (bicyclic) bond motifs is 1. The lowest BCUT2D eigenvalue weighted by Gasteiger charge is -2.34. The van der Waals surface area contributed by atoms with Crippen molar-refractivity contribution in [3.8, 4) is 6.07 Å². The number of aromatic nitrogens is 1. The van der Waals surface area contributed by atoms with Crippen molar-refractivity contribution < 1.29 is 4.79 Å². The largest absolute Gasteiger partial charge is 0.345 e. The molecule has 4 rings (SSSR count). The number of hydrogen-bond donors (Lipinski definition) is 0. The van der Waals surface area contributed by atoms with Gasteiger partial charge in [-0.05, 0) is 36.4 Å². The molecule has 0 spiro atoms. The van der Waals surface area contributed by atoms with E-state index in [0.717, 1.165) is 28.4 Å². The Hall–Kier alpha value is -2.62. The van der Waals surface area contributed by atoms with Crippen LogP contribution in [-0.2, 0) is 0 Å². The number of amides is 1. The molecule has 0 bridgehead atoms. The molecule has 1 fully saturated rings. The Bertz CT molecular complexity index is 1000. The summed E-state index contributed by atoms with van der Waals surface area (Å²) in [7, 11) is 0. The van der Waals surface area contributed by atoms with E-state index in [1.807, 2.05) is 23.1 Å². The lowest BCUT2D eigenvalue weighted by atomic mass is 10.1. The second-order valence-electron chi connectivity index (χ2n) is 6.05. The van der Waals surface area contributed by atoms with Gasteiger partial charge >= 0.3 is 0 Å². The second-order valence-corrected chi connectivity index (χ2v) is 7.47. The topological polar surface area (TPSA) is 60.2 Å². The van der Waals surface area contributed by atoms with Gasteiger partial charge in [-0.1, -0.05) is 29.0 Å². The van der Waals surface area contributed by atoms with Gasteiger partial charge in [0.05, 0.1) is 21.4 Å². The Labute approximate surface area is 160 Å². The average Bonchev–Trinajstić information content (AvgIpc) is 3.13. The molecule has 0 radical (unpaired) electrons. The minimum Gasteiger partial charge on any atom is -0.345 e. The van der Waals surface area contributed by atoms with E-state index in [9.17, 15) is 4.79 Å². The summed E-state index contributed by atoms with van der Waals surface area (Å²) in [4.78, 5) is 21.3. The summed E-state index contributed by atoms with van der Waals surface area (Å²) < 4.78 is 1.07. The van der Waals surface area contributed by atoms with E-state index in [4.69, 9.17) is 16.9 Å². The highest BCUT2D eigenvalue weighted by Crippen LogP contribution is 2.33. The first-order valence-electron chi connectivity index (χ1n) is 8.25. The highest BCUT2D eigenvalue weighted by atomic mass is 35.5. The highest BCUT2D eigenvalue weighted by molar-refractivity contribution is 7.22. The van der Waals surface area contributed by atoms with Gasteiger partial charge < -0.3 is 9.80 Å². The maximum Gasteiger partial charge on any atom is 0.253 e. The molecular weight excluding hydrogens is 368 g/mol. The standard InChI is InChI=1S/C19H15ClN4OS/c20-15-2-1-3-16-17(15)22-19(26-16)24-10-8-23(9-11-24)18(25)14-6-4-13(12-21)5-7-14/h1-7H,8-11H2. The summed E-state index contributed by atoms with van der Waals surface area (Å²) in [5, 5.41) is 10.5. The average molecular weight is 383 g/mol. The number of anilines is 1. The summed E-state index contributed by atoms with van der Waals surface area (Å²) in [6.07, 6.45) is 0. The molecule has 5 nitrogen and oxygen atoms in total. The maximum atomic E-state index is 12.6. The van der Waals surface area contributed by atoms with Crippen LogP contribution in [0.2, 0.25) is 5.02 Å². The van der Waals surface area contributed by atoms with E-state index in [0.29, 0.717) is 29.2 Å². The third-order valence-corrected chi connectivity index (χ3v) is 5.84. The fraction of sp³-hybridized carbons (Fsp3) is 0.211. The summed E-state index contributed by atoms with van der Waals surface area (Å²) in [5.41, 5.74) is 2.01. The molecule has 2 heterocycles. The third kappa shape index (κ3) is 3.12. The molecule has 1 aromatic heterocycles. The smallest absolute Gasteiger partial charge is 0.253 e. The van der Waals surface area contributed by atoms with Crippen LogP contribution in [0.3, 0.4) is 0 Å². The van der Waals surface area contributed by atoms with Gasteiger partial charge in [0.2, 0.25) is 0 Å². The maximum absolute atomic E-state index is 12.6. The molecule has 2 aromatic carbocycles. The van der Waals surface area contributed by atoms with Gasteiger partial charge in [0.1, 0.15) is 5.52 Å². The van der Waals surface area contributed by atoms with Crippen molar-refractivity contribution in [2.24, 2.45) is 0 Å². The monoisotopic (exact) mass is 382 g/mol. The number of carbonyl (C=O) groups is 1. The van der Waals surface area contributed by atoms with Crippen molar-refractivity contribution in [1.82, 2.24) is 9.88 Å². The van der Waals surface area contributed by atoms with Crippen LogP contribution < -0.4 is 4.90 Å². The molecule has 3 aromatic rings. The molecule has 1 saturated heterocycles. The Morgan fingerprint density at radius 3 is 2.50 bits per heavy atom. The minimum absolute atomic E-state index is 0.00137. The fourth-order valence-electron chi connectivity index (χ4n) is 3.01. The Morgan fingerprint density at radius 2 is 1.85 bits per heavy atom. The number of benzene rings is 2. The summed E-state index contributed by atoms with van der Waals surface area (Å²) >= 11 is 7.84. The Morgan fingerprint density at radius 1 is 1.12 bits per heavy atom. The molecule has 0 atom stereocenters. The zero-order valence-corrected chi connectivity index (χ0v) is 15.4. The van der Waals surface area contributed by atoms with Crippen LogP contribution in [0.25, 0.3) is 10.2 Å². The second kappa shape index (κ2) is 6.94. The Balaban J connectivity index is 1.45. The van der Waals surface area contributed by atoms with Crippen molar-refractivity contribution in [2.75, 3.05) is 31.1 Å². The molecule has 0 unspecified atom stereocenters. The van der Waals surface area contributed by atoms with Gasteiger partial charge in [-0.25, -0.2) is 4.98 Å². The fourth-order valence-corrected chi connectivity index (χ4v) is 4.33. The van der Waals surface area contributed by atoms with Crippen LogP contribution in [-0.4, -0.2) is 42.0 Å². The SMILES string of the molecule is N#Cc1ccc(C(=O)N2CCN(c3nc4c(Cl)cccc4s3)CC2)cc1. The molecule has 0 saturated carbocycles. The number of nitrogens with zero attached hydrogens (tertiary/aromatic N) is 4. The van der Waals surface area contributed by atoms with E-state index in [1.165, 1.54) is 0 Å². The van der Waals surface area contributed by atoms with Crippen LogP contribution in [0, 0.1) is 11.3 Å². The predicted octanol–water partition coefficient (Wildman–Crippen LogP) is 3.78. The third-order valence-electron chi connectivity index (χ3n) is 4.46. The summed E-state index contributed by atoms with van der Waals surface area (Å²) in [5.74, 6) is 0.00137. The van der Waals surface area contributed by atoms with E-state index in [-0.39, 0.29) is 5.91 Å². The molecule has 0 aliphatic carbocycles. The minimum atomic E-state index is 0.00137. The molecule has 1 aliphatic heterocycles. The molecule has 1 amide bonds. The molecule has 1 aliphatic rings. The summed E-state index contributed by atoms with van der Waals surface area (Å²) in [6, 6.07) is 14.6. The van der Waals surface area contributed by atoms with E-state index >= 15 is 0 Å². The zero-order valence-electron chi connectivity index (χ0n) is 13.9. The van der Waals surface area contributed by atoms with E-state index < -0.39 is 0 Å². The lowest BCUT2D eigenvalue weighted by Crippen LogP contribution is -2.48. The molecule has 130 valence electrons. The quantitative estimate of drug-likeness (QED) is 0.676. The number of nitriles is 1. The van der Waals surface area contributed by atoms with Gasteiger partial charge in [-0.3, -0.25) is 4.79 Å². The van der Waals surface area contributed by atoms with Crippen molar-refractivity contribution in [3.63, 3.8) is 0 Å². The van der Waals surface area contributed by atoms with Crippen molar-refractivity contribution in [3.05, 3.63) is 58.6 Å². The molecular formula is C19H15ClN4OS. The first kappa shape index (κ1) is 16.8. The van der Waals surface area contributed by atoms with Crippen molar-refractivity contribution in [1.29, 1.82) is 5.26 Å². The number of piperazine rings is 1. The number of halogens is 1. The normalized spacial score (nSPS) is 14.5. The van der Waals surface area contributed by atoms with Crippen molar-refractivity contribution in [2.45, 2.75) is 0 Å². The lowest BCUT2D eigenvalue weighted by molar-refractivity contribution is 0.0747. The number of rotatable bonds is 2. The molecule has 0 N–H and O–H groups in total. The first-order valence-corrected chi connectivity index (χ1v) is 9.44. The van der Waals surface area contributed by atoms with Gasteiger partial charge in [-0.15, -0.1) is 0 Å². The number of thiazole rings is 1. The van der Waals surface area contributed by atoms with Crippen LogP contribution in [0.5, 0.6) is 0 Å². The van der Waals surface area contributed by atoms with E-state index in [2.05, 4.69) is 16.0 Å². The van der Waals surface area contributed by atoms with Crippen LogP contribution in [0.4, 0.5) is 5.13 Å². The number of carbonyl (C=O) groups excluding carboxylic acids is 1. The van der Waals surface area contributed by atoms with Crippen LogP contribution in [0.1, 0.15) is 15.9 Å². The molecule has 7 heteroatoms.